The first-order valence-corrected chi connectivity index (χ1v) is 6.71. The molecule has 1 aliphatic rings. The number of hydrogen-bond donors (Lipinski definition) is 2. The van der Waals surface area contributed by atoms with E-state index in [0.29, 0.717) is 25.9 Å². The summed E-state index contributed by atoms with van der Waals surface area (Å²) in [6.45, 7) is 1.34. The molecule has 1 atom stereocenters. The van der Waals surface area contributed by atoms with Crippen molar-refractivity contribution in [1.82, 2.24) is 5.32 Å². The van der Waals surface area contributed by atoms with Crippen molar-refractivity contribution >= 4 is 24.0 Å². The van der Waals surface area contributed by atoms with Crippen LogP contribution in [-0.4, -0.2) is 13.1 Å². The van der Waals surface area contributed by atoms with Crippen molar-refractivity contribution in [3.05, 3.63) is 34.1 Å². The lowest BCUT2D eigenvalue weighted by atomic mass is 9.84. The third-order valence-electron chi connectivity index (χ3n) is 3.66. The number of halogens is 6. The molecule has 1 aromatic carbocycles. The fourth-order valence-electron chi connectivity index (χ4n) is 2.58. The maximum absolute atomic E-state index is 14.1. The van der Waals surface area contributed by atoms with E-state index >= 15 is 0 Å². The van der Waals surface area contributed by atoms with Gasteiger partial charge in [-0.15, -0.1) is 12.4 Å². The minimum absolute atomic E-state index is 0. The van der Waals surface area contributed by atoms with Crippen molar-refractivity contribution < 1.29 is 17.6 Å². The lowest BCUT2D eigenvalue weighted by molar-refractivity contribution is -0.138. The van der Waals surface area contributed by atoms with E-state index in [0.717, 1.165) is 12.1 Å². The quantitative estimate of drug-likeness (QED) is 0.796. The Morgan fingerprint density at radius 3 is 2.33 bits per heavy atom. The first kappa shape index (κ1) is 18.5. The van der Waals surface area contributed by atoms with Crippen LogP contribution in [0.2, 0.25) is 5.02 Å². The normalized spacial score (nSPS) is 18.2. The second kappa shape index (κ2) is 7.13. The van der Waals surface area contributed by atoms with Gasteiger partial charge >= 0.3 is 6.18 Å². The Hall–Kier alpha value is -0.560. The topological polar surface area (TPSA) is 38.0 Å². The zero-order chi connectivity index (χ0) is 14.9. The highest BCUT2D eigenvalue weighted by Crippen LogP contribution is 2.40. The number of benzene rings is 1. The van der Waals surface area contributed by atoms with Crippen molar-refractivity contribution in [1.29, 1.82) is 0 Å². The van der Waals surface area contributed by atoms with Crippen LogP contribution < -0.4 is 11.1 Å². The molecule has 1 heterocycles. The summed E-state index contributed by atoms with van der Waals surface area (Å²) in [4.78, 5) is 0. The molecule has 0 bridgehead atoms. The van der Waals surface area contributed by atoms with Crippen LogP contribution in [0.15, 0.2) is 12.1 Å². The summed E-state index contributed by atoms with van der Waals surface area (Å²) in [6.07, 6.45) is -3.42. The Balaban J connectivity index is 0.00000220. The van der Waals surface area contributed by atoms with Gasteiger partial charge in [0.25, 0.3) is 0 Å². The minimum atomic E-state index is -4.65. The van der Waals surface area contributed by atoms with Crippen molar-refractivity contribution in [2.45, 2.75) is 25.1 Å². The predicted octanol–water partition coefficient (Wildman–Crippen LogP) is 3.92. The highest BCUT2D eigenvalue weighted by atomic mass is 35.5. The molecule has 2 rings (SSSR count). The molecule has 1 saturated heterocycles. The molecule has 0 aromatic heterocycles. The van der Waals surface area contributed by atoms with Crippen LogP contribution in [0.25, 0.3) is 0 Å². The summed E-state index contributed by atoms with van der Waals surface area (Å²) in [5.41, 5.74) is 4.36. The molecule has 0 spiro atoms. The van der Waals surface area contributed by atoms with Crippen LogP contribution in [0.1, 0.15) is 30.0 Å². The van der Waals surface area contributed by atoms with Crippen LogP contribution in [0.5, 0.6) is 0 Å². The van der Waals surface area contributed by atoms with Crippen LogP contribution in [0.3, 0.4) is 0 Å². The molecule has 2 nitrogen and oxygen atoms in total. The zero-order valence-corrected chi connectivity index (χ0v) is 12.6. The first-order valence-electron chi connectivity index (χ1n) is 6.33. The van der Waals surface area contributed by atoms with Gasteiger partial charge in [0, 0.05) is 11.6 Å². The maximum Gasteiger partial charge on any atom is 0.416 e. The Morgan fingerprint density at radius 1 is 1.24 bits per heavy atom. The van der Waals surface area contributed by atoms with Gasteiger partial charge in [-0.1, -0.05) is 11.6 Å². The predicted molar refractivity (Wildman–Crippen MR) is 76.2 cm³/mol. The molecule has 0 unspecified atom stereocenters. The first-order chi connectivity index (χ1) is 9.32. The molecule has 1 aromatic rings. The van der Waals surface area contributed by atoms with E-state index in [1.54, 1.807) is 0 Å². The summed E-state index contributed by atoms with van der Waals surface area (Å²) >= 11 is 5.61. The third kappa shape index (κ3) is 4.00. The van der Waals surface area contributed by atoms with Crippen molar-refractivity contribution in [3.63, 3.8) is 0 Å². The summed E-state index contributed by atoms with van der Waals surface area (Å²) in [7, 11) is 0. The van der Waals surface area contributed by atoms with Crippen molar-refractivity contribution in [2.24, 2.45) is 11.7 Å². The van der Waals surface area contributed by atoms with Gasteiger partial charge in [0.05, 0.1) is 10.6 Å². The number of piperidine rings is 1. The molecule has 8 heteroatoms. The van der Waals surface area contributed by atoms with E-state index in [9.17, 15) is 17.6 Å². The van der Waals surface area contributed by atoms with Crippen molar-refractivity contribution in [2.75, 3.05) is 13.1 Å². The fraction of sp³-hybridized carbons (Fsp3) is 0.538. The Bertz CT molecular complexity index is 488. The van der Waals surface area contributed by atoms with E-state index in [-0.39, 0.29) is 23.3 Å². The number of hydrogen-bond acceptors (Lipinski definition) is 2. The second-order valence-electron chi connectivity index (χ2n) is 4.93. The molecule has 21 heavy (non-hydrogen) atoms. The average Bonchev–Trinajstić information content (AvgIpc) is 2.40. The average molecular weight is 347 g/mol. The van der Waals surface area contributed by atoms with Gasteiger partial charge in [-0.25, -0.2) is 4.39 Å². The SMILES string of the molecule is Cl.N[C@@H](c1c(C(F)(F)F)ccc(Cl)c1F)C1CCNCC1. The molecule has 0 radical (unpaired) electrons. The second-order valence-corrected chi connectivity index (χ2v) is 5.34. The van der Waals surface area contributed by atoms with Gasteiger partial charge in [-0.3, -0.25) is 0 Å². The number of rotatable bonds is 2. The van der Waals surface area contributed by atoms with Crippen LogP contribution >= 0.6 is 24.0 Å². The fourth-order valence-corrected chi connectivity index (χ4v) is 2.74. The van der Waals surface area contributed by atoms with Crippen LogP contribution in [0.4, 0.5) is 17.6 Å². The minimum Gasteiger partial charge on any atom is -0.324 e. The van der Waals surface area contributed by atoms with Gasteiger partial charge in [-0.05, 0) is 44.0 Å². The Labute approximate surface area is 131 Å². The monoisotopic (exact) mass is 346 g/mol. The van der Waals surface area contributed by atoms with Gasteiger partial charge in [-0.2, -0.15) is 13.2 Å². The summed E-state index contributed by atoms with van der Waals surface area (Å²) < 4.78 is 53.1. The zero-order valence-electron chi connectivity index (χ0n) is 11.0. The largest absolute Gasteiger partial charge is 0.416 e. The molecule has 0 saturated carbocycles. The summed E-state index contributed by atoms with van der Waals surface area (Å²) in [5.74, 6) is -1.25. The molecule has 1 aliphatic heterocycles. The van der Waals surface area contributed by atoms with Gasteiger partial charge in [0.2, 0.25) is 0 Å². The van der Waals surface area contributed by atoms with E-state index in [4.69, 9.17) is 17.3 Å². The van der Waals surface area contributed by atoms with Gasteiger partial charge < -0.3 is 11.1 Å². The van der Waals surface area contributed by atoms with Crippen LogP contribution in [0, 0.1) is 11.7 Å². The summed E-state index contributed by atoms with van der Waals surface area (Å²) in [6, 6.07) is 0.701. The third-order valence-corrected chi connectivity index (χ3v) is 3.95. The molecule has 0 amide bonds. The van der Waals surface area contributed by atoms with Crippen LogP contribution in [-0.2, 0) is 6.18 Å². The van der Waals surface area contributed by atoms with E-state index in [1.807, 2.05) is 0 Å². The van der Waals surface area contributed by atoms with Gasteiger partial charge in [0.1, 0.15) is 5.82 Å². The maximum atomic E-state index is 14.1. The van der Waals surface area contributed by atoms with Crippen molar-refractivity contribution in [3.8, 4) is 0 Å². The lowest BCUT2D eigenvalue weighted by Crippen LogP contribution is -2.35. The van der Waals surface area contributed by atoms with E-state index in [2.05, 4.69) is 5.32 Å². The van der Waals surface area contributed by atoms with E-state index in [1.165, 1.54) is 0 Å². The summed E-state index contributed by atoms with van der Waals surface area (Å²) in [5, 5.41) is 2.76. The molecule has 1 fully saturated rings. The molecule has 0 aliphatic carbocycles. The van der Waals surface area contributed by atoms with Gasteiger partial charge in [0.15, 0.2) is 0 Å². The highest BCUT2D eigenvalue weighted by Gasteiger charge is 2.38. The molecule has 120 valence electrons. The number of nitrogens with one attached hydrogen (secondary N) is 1. The lowest BCUT2D eigenvalue weighted by Gasteiger charge is -2.30. The Kier molecular flexibility index (Phi) is 6.28. The molecule has 3 N–H and O–H groups in total. The number of nitrogens with two attached hydrogens (primary N) is 1. The Morgan fingerprint density at radius 2 is 1.81 bits per heavy atom. The molecular formula is C13H16Cl2F4N2. The smallest absolute Gasteiger partial charge is 0.324 e. The standard InChI is InChI=1S/C13H15ClF4N2.ClH/c14-9-2-1-8(13(16,17)18)10(11(9)15)12(19)7-3-5-20-6-4-7;/h1-2,7,12,20H,3-6,19H2;1H/t12-;/m1./s1. The number of alkyl halides is 3. The highest BCUT2D eigenvalue weighted by molar-refractivity contribution is 6.30. The van der Waals surface area contributed by atoms with E-state index < -0.39 is 29.2 Å². The molecular weight excluding hydrogens is 331 g/mol.